The normalized spacial score (nSPS) is 26.4. The van der Waals surface area contributed by atoms with Crippen LogP contribution in [-0.4, -0.2) is 35.3 Å². The summed E-state index contributed by atoms with van der Waals surface area (Å²) in [6, 6.07) is 6.20. The zero-order valence-electron chi connectivity index (χ0n) is 14.5. The highest BCUT2D eigenvalue weighted by molar-refractivity contribution is 5.84. The van der Waals surface area contributed by atoms with Crippen molar-refractivity contribution in [2.24, 2.45) is 5.92 Å². The van der Waals surface area contributed by atoms with Gasteiger partial charge in [0.2, 0.25) is 0 Å². The molecule has 1 aromatic carbocycles. The van der Waals surface area contributed by atoms with Gasteiger partial charge in [0.05, 0.1) is 18.6 Å². The molecule has 6 nitrogen and oxygen atoms in total. The monoisotopic (exact) mass is 335 g/mol. The first-order valence-electron chi connectivity index (χ1n) is 8.21. The molecule has 3 atom stereocenters. The summed E-state index contributed by atoms with van der Waals surface area (Å²) in [6.07, 6.45) is 0.0630. The number of aromatic hydroxyl groups is 1. The van der Waals surface area contributed by atoms with Gasteiger partial charge in [0.15, 0.2) is 0 Å². The van der Waals surface area contributed by atoms with Crippen LogP contribution in [0.25, 0.3) is 0 Å². The summed E-state index contributed by atoms with van der Waals surface area (Å²) in [7, 11) is 0. The van der Waals surface area contributed by atoms with Gasteiger partial charge in [-0.1, -0.05) is 12.1 Å². The molecule has 2 rings (SSSR count). The van der Waals surface area contributed by atoms with Crippen LogP contribution in [0, 0.1) is 5.92 Å². The molecular weight excluding hydrogens is 310 g/mol. The largest absolute Gasteiger partial charge is 0.508 e. The van der Waals surface area contributed by atoms with Crippen molar-refractivity contribution in [3.63, 3.8) is 0 Å². The first kappa shape index (κ1) is 18.3. The van der Waals surface area contributed by atoms with Crippen LogP contribution in [0.5, 0.6) is 5.75 Å². The lowest BCUT2D eigenvalue weighted by atomic mass is 9.90. The molecule has 0 saturated carbocycles. The fourth-order valence-electron chi connectivity index (χ4n) is 3.01. The third-order valence-electron chi connectivity index (χ3n) is 4.14. The number of rotatable bonds is 5. The predicted octanol–water partition coefficient (Wildman–Crippen LogP) is 2.32. The van der Waals surface area contributed by atoms with E-state index in [-0.39, 0.29) is 36.4 Å². The Balaban J connectivity index is 2.30. The Labute approximate surface area is 142 Å². The van der Waals surface area contributed by atoms with Gasteiger partial charge >= 0.3 is 11.9 Å². The molecular formula is C18H25NO5. The van der Waals surface area contributed by atoms with Gasteiger partial charge in [0.1, 0.15) is 11.3 Å². The topological polar surface area (TPSA) is 84.9 Å². The van der Waals surface area contributed by atoms with Crippen LogP contribution < -0.4 is 5.32 Å². The molecule has 24 heavy (non-hydrogen) atoms. The molecule has 1 saturated heterocycles. The van der Waals surface area contributed by atoms with E-state index in [0.29, 0.717) is 6.42 Å². The molecule has 2 N–H and O–H groups in total. The minimum atomic E-state index is -0.968. The van der Waals surface area contributed by atoms with E-state index >= 15 is 0 Å². The SMILES string of the molecule is CCOC(=O)[C@H]1CC(C)(C(=O)OC(C)C)N[C@@H]1c1ccc(O)cc1. The molecule has 0 spiro atoms. The van der Waals surface area contributed by atoms with E-state index in [4.69, 9.17) is 9.47 Å². The molecule has 1 aliphatic rings. The summed E-state index contributed by atoms with van der Waals surface area (Å²) >= 11 is 0. The van der Waals surface area contributed by atoms with Gasteiger partial charge in [0, 0.05) is 6.04 Å². The number of phenolic OH excluding ortho intramolecular Hbond substituents is 1. The Kier molecular flexibility index (Phi) is 5.49. The Morgan fingerprint density at radius 2 is 1.96 bits per heavy atom. The summed E-state index contributed by atoms with van der Waals surface area (Å²) in [5.41, 5.74) is -0.156. The molecule has 6 heteroatoms. The summed E-state index contributed by atoms with van der Waals surface area (Å²) in [6.45, 7) is 7.35. The van der Waals surface area contributed by atoms with E-state index in [9.17, 15) is 14.7 Å². The van der Waals surface area contributed by atoms with E-state index in [2.05, 4.69) is 5.32 Å². The Bertz CT molecular complexity index is 598. The number of nitrogens with one attached hydrogen (secondary N) is 1. The Hall–Kier alpha value is -2.08. The number of carbonyl (C=O) groups is 2. The third kappa shape index (κ3) is 3.87. The molecule has 1 aliphatic heterocycles. The Morgan fingerprint density at radius 3 is 2.50 bits per heavy atom. The first-order valence-corrected chi connectivity index (χ1v) is 8.21. The summed E-state index contributed by atoms with van der Waals surface area (Å²) in [5.74, 6) is -1.08. The predicted molar refractivity (Wildman–Crippen MR) is 88.4 cm³/mol. The van der Waals surface area contributed by atoms with Crippen LogP contribution in [-0.2, 0) is 19.1 Å². The fraction of sp³-hybridized carbons (Fsp3) is 0.556. The molecule has 1 aromatic rings. The van der Waals surface area contributed by atoms with E-state index in [1.165, 1.54) is 0 Å². The van der Waals surface area contributed by atoms with Crippen molar-refractivity contribution >= 4 is 11.9 Å². The van der Waals surface area contributed by atoms with E-state index in [1.807, 2.05) is 0 Å². The van der Waals surface area contributed by atoms with Crippen molar-refractivity contribution in [3.05, 3.63) is 29.8 Å². The number of carbonyl (C=O) groups excluding carboxylic acids is 2. The molecule has 0 amide bonds. The number of benzene rings is 1. The molecule has 0 aliphatic carbocycles. The summed E-state index contributed by atoms with van der Waals surface area (Å²) in [4.78, 5) is 24.8. The van der Waals surface area contributed by atoms with Crippen molar-refractivity contribution in [1.82, 2.24) is 5.32 Å². The highest BCUT2D eigenvalue weighted by atomic mass is 16.5. The lowest BCUT2D eigenvalue weighted by Gasteiger charge is -2.25. The fourth-order valence-corrected chi connectivity index (χ4v) is 3.01. The van der Waals surface area contributed by atoms with Crippen molar-refractivity contribution in [3.8, 4) is 5.75 Å². The molecule has 1 heterocycles. The molecule has 0 aromatic heterocycles. The maximum atomic E-state index is 12.5. The number of phenols is 1. The van der Waals surface area contributed by atoms with Crippen LogP contribution in [0.3, 0.4) is 0 Å². The number of hydrogen-bond acceptors (Lipinski definition) is 6. The van der Waals surface area contributed by atoms with Gasteiger partial charge in [-0.3, -0.25) is 14.9 Å². The van der Waals surface area contributed by atoms with Gasteiger partial charge in [-0.25, -0.2) is 0 Å². The number of ether oxygens (including phenoxy) is 2. The van der Waals surface area contributed by atoms with Crippen LogP contribution in [0.4, 0.5) is 0 Å². The highest BCUT2D eigenvalue weighted by Crippen LogP contribution is 2.40. The third-order valence-corrected chi connectivity index (χ3v) is 4.14. The average Bonchev–Trinajstić information content (AvgIpc) is 2.87. The van der Waals surface area contributed by atoms with Gasteiger partial charge in [-0.15, -0.1) is 0 Å². The maximum absolute atomic E-state index is 12.5. The van der Waals surface area contributed by atoms with Crippen LogP contribution in [0.15, 0.2) is 24.3 Å². The minimum absolute atomic E-state index is 0.145. The Morgan fingerprint density at radius 1 is 1.33 bits per heavy atom. The van der Waals surface area contributed by atoms with E-state index < -0.39 is 11.5 Å². The van der Waals surface area contributed by atoms with Gasteiger partial charge in [-0.05, 0) is 51.8 Å². The molecule has 1 unspecified atom stereocenters. The van der Waals surface area contributed by atoms with E-state index in [1.54, 1.807) is 52.0 Å². The first-order chi connectivity index (χ1) is 11.3. The van der Waals surface area contributed by atoms with Crippen molar-refractivity contribution < 1.29 is 24.2 Å². The second-order valence-corrected chi connectivity index (χ2v) is 6.56. The number of hydrogen-bond donors (Lipinski definition) is 2. The number of esters is 2. The molecule has 0 radical (unpaired) electrons. The van der Waals surface area contributed by atoms with Gasteiger partial charge < -0.3 is 14.6 Å². The van der Waals surface area contributed by atoms with Crippen molar-refractivity contribution in [2.45, 2.75) is 51.8 Å². The minimum Gasteiger partial charge on any atom is -0.508 e. The molecule has 1 fully saturated rings. The standard InChI is InChI=1S/C18H25NO5/c1-5-23-16(21)14-10-18(4,17(22)24-11(2)3)19-15(14)12-6-8-13(20)9-7-12/h6-9,11,14-15,19-20H,5,10H2,1-4H3/t14-,15+,18?/m0/s1. The zero-order valence-corrected chi connectivity index (χ0v) is 14.5. The molecule has 0 bridgehead atoms. The van der Waals surface area contributed by atoms with Crippen molar-refractivity contribution in [1.29, 1.82) is 0 Å². The maximum Gasteiger partial charge on any atom is 0.326 e. The second-order valence-electron chi connectivity index (χ2n) is 6.56. The van der Waals surface area contributed by atoms with Gasteiger partial charge in [0.25, 0.3) is 0 Å². The van der Waals surface area contributed by atoms with Crippen molar-refractivity contribution in [2.75, 3.05) is 6.61 Å². The second kappa shape index (κ2) is 7.21. The van der Waals surface area contributed by atoms with Crippen LogP contribution in [0.2, 0.25) is 0 Å². The summed E-state index contributed by atoms with van der Waals surface area (Å²) in [5, 5.41) is 12.7. The zero-order chi connectivity index (χ0) is 17.9. The lowest BCUT2D eigenvalue weighted by molar-refractivity contribution is -0.154. The van der Waals surface area contributed by atoms with Crippen LogP contribution in [0.1, 0.15) is 45.7 Å². The lowest BCUT2D eigenvalue weighted by Crippen LogP contribution is -2.47. The highest BCUT2D eigenvalue weighted by Gasteiger charge is 2.51. The van der Waals surface area contributed by atoms with E-state index in [0.717, 1.165) is 5.56 Å². The quantitative estimate of drug-likeness (QED) is 0.803. The average molecular weight is 335 g/mol. The summed E-state index contributed by atoms with van der Waals surface area (Å²) < 4.78 is 10.5. The smallest absolute Gasteiger partial charge is 0.326 e. The van der Waals surface area contributed by atoms with Crippen LogP contribution >= 0.6 is 0 Å². The van der Waals surface area contributed by atoms with Gasteiger partial charge in [-0.2, -0.15) is 0 Å². The molecule has 132 valence electrons.